The number of nitrogens with one attached hydrogen (secondary N) is 1. The van der Waals surface area contributed by atoms with E-state index < -0.39 is 17.8 Å². The summed E-state index contributed by atoms with van der Waals surface area (Å²) >= 11 is 0. The summed E-state index contributed by atoms with van der Waals surface area (Å²) in [6.45, 7) is 0. The Labute approximate surface area is 115 Å². The molecule has 2 aliphatic rings. The van der Waals surface area contributed by atoms with Crippen LogP contribution in [-0.2, 0) is 9.59 Å². The van der Waals surface area contributed by atoms with E-state index in [0.717, 1.165) is 6.42 Å². The monoisotopic (exact) mass is 273 g/mol. The van der Waals surface area contributed by atoms with Crippen LogP contribution in [-0.4, -0.2) is 22.1 Å². The van der Waals surface area contributed by atoms with Gasteiger partial charge in [-0.1, -0.05) is 24.3 Å². The van der Waals surface area contributed by atoms with E-state index in [4.69, 9.17) is 0 Å². The first-order chi connectivity index (χ1) is 9.58. The summed E-state index contributed by atoms with van der Waals surface area (Å²) in [5.74, 6) is -2.61. The van der Waals surface area contributed by atoms with Gasteiger partial charge in [-0.3, -0.25) is 9.59 Å². The standard InChI is InChI=1S/C15H15NO4/c17-11-4-2-1-3-10(11)16-14(18)12-8-5-6-9(7-8)13(12)15(19)20/h1-6,8-9,12-13,17H,7H2,(H,16,18)(H,19,20)/t8-,9+,12+,13+/m1/s1. The molecule has 3 N–H and O–H groups in total. The number of anilines is 1. The average Bonchev–Trinajstić information content (AvgIpc) is 3.01. The lowest BCUT2D eigenvalue weighted by Gasteiger charge is -2.24. The quantitative estimate of drug-likeness (QED) is 0.579. The Hall–Kier alpha value is -2.30. The minimum Gasteiger partial charge on any atom is -0.506 e. The summed E-state index contributed by atoms with van der Waals surface area (Å²) in [5, 5.41) is 21.6. The fourth-order valence-corrected chi connectivity index (χ4v) is 3.31. The Kier molecular flexibility index (Phi) is 2.97. The first-order valence-electron chi connectivity index (χ1n) is 6.58. The topological polar surface area (TPSA) is 86.6 Å². The van der Waals surface area contributed by atoms with Crippen molar-refractivity contribution in [2.45, 2.75) is 6.42 Å². The normalized spacial score (nSPS) is 30.4. The van der Waals surface area contributed by atoms with Crippen molar-refractivity contribution in [2.24, 2.45) is 23.7 Å². The van der Waals surface area contributed by atoms with Crippen LogP contribution in [0.1, 0.15) is 6.42 Å². The number of benzene rings is 1. The van der Waals surface area contributed by atoms with Gasteiger partial charge in [0.1, 0.15) is 5.75 Å². The first-order valence-corrected chi connectivity index (χ1v) is 6.58. The molecule has 1 saturated carbocycles. The second-order valence-corrected chi connectivity index (χ2v) is 5.34. The van der Waals surface area contributed by atoms with Gasteiger partial charge in [-0.05, 0) is 30.4 Å². The number of amides is 1. The number of fused-ring (bicyclic) bond motifs is 2. The van der Waals surface area contributed by atoms with E-state index in [-0.39, 0.29) is 23.5 Å². The Bertz CT molecular complexity index is 595. The number of hydrogen-bond acceptors (Lipinski definition) is 3. The zero-order chi connectivity index (χ0) is 14.3. The lowest BCUT2D eigenvalue weighted by molar-refractivity contribution is -0.146. The average molecular weight is 273 g/mol. The van der Waals surface area contributed by atoms with Gasteiger partial charge in [0, 0.05) is 0 Å². The van der Waals surface area contributed by atoms with Gasteiger partial charge in [0.2, 0.25) is 5.91 Å². The van der Waals surface area contributed by atoms with Crippen LogP contribution in [0.3, 0.4) is 0 Å². The third kappa shape index (κ3) is 1.95. The van der Waals surface area contributed by atoms with Gasteiger partial charge in [-0.15, -0.1) is 0 Å². The Morgan fingerprint density at radius 2 is 1.75 bits per heavy atom. The smallest absolute Gasteiger partial charge is 0.307 e. The van der Waals surface area contributed by atoms with Crippen LogP contribution in [0.15, 0.2) is 36.4 Å². The minimum absolute atomic E-state index is 0.0213. The van der Waals surface area contributed by atoms with E-state index >= 15 is 0 Å². The van der Waals surface area contributed by atoms with E-state index in [2.05, 4.69) is 5.32 Å². The van der Waals surface area contributed by atoms with Crippen molar-refractivity contribution in [3.05, 3.63) is 36.4 Å². The highest BCUT2D eigenvalue weighted by atomic mass is 16.4. The van der Waals surface area contributed by atoms with Gasteiger partial charge in [0.05, 0.1) is 17.5 Å². The molecule has 1 aromatic carbocycles. The summed E-state index contributed by atoms with van der Waals surface area (Å²) in [6.07, 6.45) is 4.54. The van der Waals surface area contributed by atoms with E-state index in [1.807, 2.05) is 12.2 Å². The molecule has 1 aromatic rings. The molecule has 5 nitrogen and oxygen atoms in total. The van der Waals surface area contributed by atoms with Crippen molar-refractivity contribution in [3.63, 3.8) is 0 Å². The molecule has 2 bridgehead atoms. The maximum atomic E-state index is 12.4. The Balaban J connectivity index is 1.82. The number of carboxylic acids is 1. The van der Waals surface area contributed by atoms with Crippen LogP contribution in [0.5, 0.6) is 5.75 Å². The van der Waals surface area contributed by atoms with Gasteiger partial charge >= 0.3 is 5.97 Å². The third-order valence-electron chi connectivity index (χ3n) is 4.21. The zero-order valence-electron chi connectivity index (χ0n) is 10.7. The van der Waals surface area contributed by atoms with Gasteiger partial charge < -0.3 is 15.5 Å². The minimum atomic E-state index is -0.931. The number of aliphatic carboxylic acids is 1. The van der Waals surface area contributed by atoms with E-state index in [1.54, 1.807) is 18.2 Å². The molecule has 5 heteroatoms. The molecular formula is C15H15NO4. The van der Waals surface area contributed by atoms with Gasteiger partial charge in [-0.25, -0.2) is 0 Å². The molecule has 1 fully saturated rings. The van der Waals surface area contributed by atoms with E-state index in [1.165, 1.54) is 6.07 Å². The fraction of sp³-hybridized carbons (Fsp3) is 0.333. The lowest BCUT2D eigenvalue weighted by Crippen LogP contribution is -2.36. The lowest BCUT2D eigenvalue weighted by atomic mass is 9.82. The maximum Gasteiger partial charge on any atom is 0.307 e. The first kappa shape index (κ1) is 12.7. The van der Waals surface area contributed by atoms with Crippen LogP contribution in [0, 0.1) is 23.7 Å². The van der Waals surface area contributed by atoms with Crippen molar-refractivity contribution >= 4 is 17.6 Å². The molecule has 0 heterocycles. The summed E-state index contributed by atoms with van der Waals surface area (Å²) in [7, 11) is 0. The van der Waals surface area contributed by atoms with Crippen LogP contribution >= 0.6 is 0 Å². The van der Waals surface area contributed by atoms with Crippen molar-refractivity contribution < 1.29 is 19.8 Å². The molecular weight excluding hydrogens is 258 g/mol. The molecule has 20 heavy (non-hydrogen) atoms. The van der Waals surface area contributed by atoms with Crippen LogP contribution in [0.25, 0.3) is 0 Å². The summed E-state index contributed by atoms with van der Waals surface area (Å²) in [4.78, 5) is 23.7. The highest BCUT2D eigenvalue weighted by Gasteiger charge is 2.51. The number of para-hydroxylation sites is 2. The molecule has 104 valence electrons. The SMILES string of the molecule is O=C(Nc1ccccc1O)[C@@H]1[C@@H](C(=O)O)[C@H]2C=C[C@@H]1C2. The molecule has 0 radical (unpaired) electrons. The second-order valence-electron chi connectivity index (χ2n) is 5.34. The highest BCUT2D eigenvalue weighted by molar-refractivity contribution is 5.97. The number of carbonyl (C=O) groups excluding carboxylic acids is 1. The molecule has 0 unspecified atom stereocenters. The number of allylic oxidation sites excluding steroid dienone is 2. The van der Waals surface area contributed by atoms with Gasteiger partial charge in [0.15, 0.2) is 0 Å². The summed E-state index contributed by atoms with van der Waals surface area (Å²) in [5.41, 5.74) is 0.313. The summed E-state index contributed by atoms with van der Waals surface area (Å²) in [6, 6.07) is 6.42. The van der Waals surface area contributed by atoms with E-state index in [9.17, 15) is 19.8 Å². The number of carboxylic acid groups (broad SMARTS) is 1. The number of rotatable bonds is 3. The predicted molar refractivity (Wildman–Crippen MR) is 72.1 cm³/mol. The number of aromatic hydroxyl groups is 1. The summed E-state index contributed by atoms with van der Waals surface area (Å²) < 4.78 is 0. The van der Waals surface area contributed by atoms with Crippen molar-refractivity contribution in [2.75, 3.05) is 5.32 Å². The number of hydrogen-bond donors (Lipinski definition) is 3. The molecule has 1 amide bonds. The molecule has 4 atom stereocenters. The highest BCUT2D eigenvalue weighted by Crippen LogP contribution is 2.48. The van der Waals surface area contributed by atoms with E-state index in [0.29, 0.717) is 5.69 Å². The Morgan fingerprint density at radius 1 is 1.10 bits per heavy atom. The van der Waals surface area contributed by atoms with Crippen molar-refractivity contribution in [3.8, 4) is 5.75 Å². The molecule has 0 saturated heterocycles. The van der Waals surface area contributed by atoms with Crippen LogP contribution < -0.4 is 5.32 Å². The third-order valence-corrected chi connectivity index (χ3v) is 4.21. The van der Waals surface area contributed by atoms with Crippen LogP contribution in [0.2, 0.25) is 0 Å². The van der Waals surface area contributed by atoms with Crippen molar-refractivity contribution in [1.29, 1.82) is 0 Å². The molecule has 0 aromatic heterocycles. The molecule has 0 aliphatic heterocycles. The number of phenolic OH excluding ortho intramolecular Hbond substituents is 1. The molecule has 3 rings (SSSR count). The van der Waals surface area contributed by atoms with Crippen molar-refractivity contribution in [1.82, 2.24) is 0 Å². The maximum absolute atomic E-state index is 12.4. The zero-order valence-corrected chi connectivity index (χ0v) is 10.7. The Morgan fingerprint density at radius 3 is 2.40 bits per heavy atom. The largest absolute Gasteiger partial charge is 0.506 e. The fourth-order valence-electron chi connectivity index (χ4n) is 3.31. The number of phenols is 1. The predicted octanol–water partition coefficient (Wildman–Crippen LogP) is 1.85. The molecule has 0 spiro atoms. The van der Waals surface area contributed by atoms with Gasteiger partial charge in [-0.2, -0.15) is 0 Å². The number of carbonyl (C=O) groups is 2. The van der Waals surface area contributed by atoms with Crippen LogP contribution in [0.4, 0.5) is 5.69 Å². The van der Waals surface area contributed by atoms with Gasteiger partial charge in [0.25, 0.3) is 0 Å². The molecule has 2 aliphatic carbocycles. The second kappa shape index (κ2) is 4.67.